The van der Waals surface area contributed by atoms with Crippen LogP contribution in [0.15, 0.2) is 121 Å². The Kier molecular flexibility index (Phi) is 19.1. The molecule has 2 aromatic heterocycles. The molecule has 0 amide bonds. The van der Waals surface area contributed by atoms with Crippen LogP contribution in [0.2, 0.25) is 5.02 Å². The lowest BCUT2D eigenvalue weighted by Crippen LogP contribution is -2.46. The molecule has 4 aliphatic rings. The van der Waals surface area contributed by atoms with Gasteiger partial charge in [0.25, 0.3) is 0 Å². The van der Waals surface area contributed by atoms with Crippen LogP contribution < -0.4 is 10.6 Å². The number of esters is 2. The minimum atomic E-state index is -1.06. The first-order valence-corrected chi connectivity index (χ1v) is 25.3. The molecule has 2 aromatic carbocycles. The van der Waals surface area contributed by atoms with E-state index in [1.54, 1.807) is 32.3 Å². The molecule has 24 heteroatoms. The molecule has 2 fully saturated rings. The number of benzene rings is 2. The minimum absolute atomic E-state index is 0.135. The van der Waals surface area contributed by atoms with Gasteiger partial charge in [-0.05, 0) is 55.8 Å². The highest BCUT2D eigenvalue weighted by atomic mass is 79.9. The summed E-state index contributed by atoms with van der Waals surface area (Å²) in [6.45, 7) is 7.16. The van der Waals surface area contributed by atoms with Gasteiger partial charge in [-0.25, -0.2) is 37.9 Å². The smallest absolute Gasteiger partial charge is 0.338 e. The van der Waals surface area contributed by atoms with E-state index in [4.69, 9.17) is 50.7 Å². The van der Waals surface area contributed by atoms with Crippen LogP contribution >= 0.6 is 50.2 Å². The lowest BCUT2D eigenvalue weighted by molar-refractivity contribution is -0.139. The summed E-state index contributed by atoms with van der Waals surface area (Å²) in [5.74, 6) is -3.17. The number of aromatic nitrogens is 2. The molecule has 0 bridgehead atoms. The molecule has 0 aliphatic carbocycles. The maximum absolute atomic E-state index is 13.9. The number of hydrogen-bond donors (Lipinski definition) is 4. The highest BCUT2D eigenvalue weighted by Gasteiger charge is 2.37. The zero-order valence-corrected chi connectivity index (χ0v) is 42.6. The quantitative estimate of drug-likeness (QED) is 0.0696. The fraction of sp³-hybridized carbons (Fsp3) is 0.333. The predicted molar refractivity (Wildman–Crippen MR) is 268 cm³/mol. The van der Waals surface area contributed by atoms with Gasteiger partial charge in [0.05, 0.1) is 49.8 Å². The number of morpholine rings is 2. The predicted octanol–water partition coefficient (Wildman–Crippen LogP) is 6.48. The number of hydrogen-bond acceptors (Lipinski definition) is 18. The lowest BCUT2D eigenvalue weighted by Gasteiger charge is -2.34. The third-order valence-corrected chi connectivity index (χ3v) is 13.6. The van der Waals surface area contributed by atoms with Crippen LogP contribution in [0.25, 0.3) is 0 Å². The van der Waals surface area contributed by atoms with E-state index in [9.17, 15) is 28.0 Å². The Morgan fingerprint density at radius 3 is 1.64 bits per heavy atom. The summed E-state index contributed by atoms with van der Waals surface area (Å²) in [5.41, 5.74) is 2.76. The van der Waals surface area contributed by atoms with E-state index in [1.807, 2.05) is 15.7 Å². The summed E-state index contributed by atoms with van der Waals surface area (Å²) in [4.78, 5) is 70.6. The van der Waals surface area contributed by atoms with Crippen LogP contribution in [0, 0.1) is 11.6 Å². The SMILES string of the molecule is CCOC(=O)C1=C(CN2CCOC(/C=C/C(=O)O)C2)NC(c2nccs2)=NC1c1ccc(F)cc1Br.CCOC(=O)C1=C(CN2CCOC(/C=C/C(=O)O)C2)NC(c2nccs2)=NC1c1ccc(F)cc1Cl. The molecule has 72 heavy (non-hydrogen) atoms. The number of carbonyl (C=O) groups is 4. The summed E-state index contributed by atoms with van der Waals surface area (Å²) in [6, 6.07) is 6.59. The van der Waals surface area contributed by atoms with Gasteiger partial charge in [0.15, 0.2) is 21.7 Å². The van der Waals surface area contributed by atoms with E-state index in [-0.39, 0.29) is 23.8 Å². The van der Waals surface area contributed by atoms with Gasteiger partial charge in [-0.1, -0.05) is 39.7 Å². The number of nitrogens with one attached hydrogen (secondary N) is 2. The molecule has 4 atom stereocenters. The molecule has 0 spiro atoms. The third kappa shape index (κ3) is 14.1. The monoisotopic (exact) mass is 1110 g/mol. The second-order valence-corrected chi connectivity index (χ2v) is 19.0. The van der Waals surface area contributed by atoms with Crippen molar-refractivity contribution in [3.8, 4) is 0 Å². The number of thiazole rings is 2. The van der Waals surface area contributed by atoms with Gasteiger partial charge in [0.1, 0.15) is 23.7 Å². The van der Waals surface area contributed by atoms with Crippen molar-refractivity contribution >= 4 is 85.8 Å². The summed E-state index contributed by atoms with van der Waals surface area (Å²) >= 11 is 12.6. The van der Waals surface area contributed by atoms with Crippen LogP contribution in [0.3, 0.4) is 0 Å². The lowest BCUT2D eigenvalue weighted by atomic mass is 9.95. The fourth-order valence-corrected chi connectivity index (χ4v) is 9.96. The first-order valence-electron chi connectivity index (χ1n) is 22.4. The van der Waals surface area contributed by atoms with Gasteiger partial charge in [0.2, 0.25) is 0 Å². The molecular formula is C48H48BrClF2N8O10S2. The summed E-state index contributed by atoms with van der Waals surface area (Å²) < 4.78 is 50.3. The van der Waals surface area contributed by atoms with E-state index in [2.05, 4.69) is 41.4 Å². The van der Waals surface area contributed by atoms with E-state index in [0.29, 0.717) is 107 Å². The van der Waals surface area contributed by atoms with Crippen LogP contribution in [0.1, 0.15) is 47.1 Å². The number of carboxylic acids is 2. The molecule has 8 rings (SSSR count). The van der Waals surface area contributed by atoms with Crippen molar-refractivity contribution in [2.75, 3.05) is 65.7 Å². The Hall–Kier alpha value is -6.05. The van der Waals surface area contributed by atoms with Gasteiger partial charge in [-0.2, -0.15) is 0 Å². The molecule has 4 N–H and O–H groups in total. The molecule has 2 saturated heterocycles. The molecule has 4 aromatic rings. The van der Waals surface area contributed by atoms with Crippen molar-refractivity contribution in [3.05, 3.63) is 149 Å². The molecule has 0 radical (unpaired) electrons. The van der Waals surface area contributed by atoms with E-state index >= 15 is 0 Å². The Balaban J connectivity index is 0.000000211. The number of halogens is 4. The number of aliphatic carboxylic acids is 2. The average molecular weight is 1110 g/mol. The second kappa shape index (κ2) is 25.6. The van der Waals surface area contributed by atoms with Crippen molar-refractivity contribution in [1.29, 1.82) is 0 Å². The van der Waals surface area contributed by atoms with Crippen LogP contribution in [-0.2, 0) is 38.1 Å². The summed E-state index contributed by atoms with van der Waals surface area (Å²) in [6.07, 6.45) is 7.60. The first kappa shape index (κ1) is 53.7. The first-order chi connectivity index (χ1) is 34.7. The number of ether oxygens (including phenoxy) is 4. The molecule has 6 heterocycles. The Morgan fingerprint density at radius 2 is 1.22 bits per heavy atom. The average Bonchev–Trinajstić information content (AvgIpc) is 4.10. The second-order valence-electron chi connectivity index (χ2n) is 15.9. The number of carboxylic acid groups (broad SMARTS) is 2. The zero-order chi connectivity index (χ0) is 51.3. The number of rotatable bonds is 16. The highest BCUT2D eigenvalue weighted by molar-refractivity contribution is 9.10. The van der Waals surface area contributed by atoms with Gasteiger partial charge in [-0.3, -0.25) is 19.8 Å². The molecular weight excluding hydrogens is 1070 g/mol. The van der Waals surface area contributed by atoms with Crippen molar-refractivity contribution in [2.24, 2.45) is 9.98 Å². The van der Waals surface area contributed by atoms with Gasteiger partial charge in [0, 0.05) is 101 Å². The van der Waals surface area contributed by atoms with Crippen molar-refractivity contribution in [1.82, 2.24) is 30.4 Å². The summed E-state index contributed by atoms with van der Waals surface area (Å²) in [7, 11) is 0. The van der Waals surface area contributed by atoms with E-state index in [0.717, 1.165) is 12.2 Å². The maximum Gasteiger partial charge on any atom is 0.338 e. The fourth-order valence-electron chi connectivity index (χ4n) is 7.94. The number of carbonyl (C=O) groups excluding carboxylic acids is 2. The number of aliphatic imine (C=N–C) groups is 2. The number of amidine groups is 2. The normalized spacial score (nSPS) is 20.8. The van der Waals surface area contributed by atoms with Crippen LogP contribution in [-0.4, -0.2) is 143 Å². The topological polar surface area (TPSA) is 227 Å². The molecule has 380 valence electrons. The standard InChI is InChI=1S/C24H24BrFN4O5S.C24H24ClFN4O5S/c2*1-2-34-24(33)20-18(13-30-8-9-35-15(12-30)4-6-19(31)32)28-22(23-27-7-10-36-23)29-21(20)16-5-3-14(26)11-17(16)25/h2*3-7,10-11,15,21H,2,8-9,12-13H2,1H3,(H,28,29)(H,31,32)/b2*6-4+. The Labute approximate surface area is 433 Å². The summed E-state index contributed by atoms with van der Waals surface area (Å²) in [5, 5.41) is 29.4. The van der Waals surface area contributed by atoms with Crippen molar-refractivity contribution in [3.63, 3.8) is 0 Å². The van der Waals surface area contributed by atoms with Gasteiger partial charge < -0.3 is 39.8 Å². The maximum atomic E-state index is 13.9. The highest BCUT2D eigenvalue weighted by Crippen LogP contribution is 2.39. The van der Waals surface area contributed by atoms with Crippen LogP contribution in [0.5, 0.6) is 0 Å². The van der Waals surface area contributed by atoms with Crippen LogP contribution in [0.4, 0.5) is 8.78 Å². The van der Waals surface area contributed by atoms with E-state index in [1.165, 1.54) is 65.2 Å². The van der Waals surface area contributed by atoms with Gasteiger partial charge >= 0.3 is 23.9 Å². The molecule has 4 unspecified atom stereocenters. The molecule has 18 nitrogen and oxygen atoms in total. The Bertz CT molecular complexity index is 2620. The zero-order valence-electron chi connectivity index (χ0n) is 38.6. The number of nitrogens with zero attached hydrogens (tertiary/aromatic N) is 6. The van der Waals surface area contributed by atoms with Crippen molar-refractivity contribution in [2.45, 2.75) is 38.1 Å². The molecule has 4 aliphatic heterocycles. The largest absolute Gasteiger partial charge is 0.478 e. The van der Waals surface area contributed by atoms with Crippen molar-refractivity contribution < 1.29 is 57.1 Å². The third-order valence-electron chi connectivity index (χ3n) is 11.1. The van der Waals surface area contributed by atoms with Gasteiger partial charge in [-0.15, -0.1) is 22.7 Å². The Morgan fingerprint density at radius 1 is 0.764 bits per heavy atom. The minimum Gasteiger partial charge on any atom is -0.478 e. The van der Waals surface area contributed by atoms with E-state index < -0.39 is 59.8 Å². The molecule has 0 saturated carbocycles.